The molecule has 0 radical (unpaired) electrons. The molecule has 0 heterocycles. The Labute approximate surface area is 68.8 Å². The van der Waals surface area contributed by atoms with E-state index in [2.05, 4.69) is 5.32 Å². The highest BCUT2D eigenvalue weighted by Gasteiger charge is 2.05. The van der Waals surface area contributed by atoms with E-state index in [9.17, 15) is 8.78 Å². The van der Waals surface area contributed by atoms with Gasteiger partial charge in [0.2, 0.25) is 0 Å². The monoisotopic (exact) mass is 173 g/mol. The van der Waals surface area contributed by atoms with Crippen LogP contribution in [0.3, 0.4) is 0 Å². The molecule has 0 aromatic heterocycles. The van der Waals surface area contributed by atoms with Gasteiger partial charge in [-0.25, -0.2) is 8.78 Å². The number of benzene rings is 1. The molecule has 2 N–H and O–H groups in total. The minimum absolute atomic E-state index is 0.0732. The fourth-order valence-corrected chi connectivity index (χ4v) is 0.831. The van der Waals surface area contributed by atoms with Crippen molar-refractivity contribution >= 4 is 5.69 Å². The van der Waals surface area contributed by atoms with Gasteiger partial charge in [-0.2, -0.15) is 0 Å². The van der Waals surface area contributed by atoms with Crippen molar-refractivity contribution in [3.63, 3.8) is 0 Å². The van der Waals surface area contributed by atoms with Crippen LogP contribution in [-0.2, 0) is 0 Å². The third kappa shape index (κ3) is 1.92. The Balaban J connectivity index is 2.78. The van der Waals surface area contributed by atoms with Crippen LogP contribution in [0.5, 0.6) is 0 Å². The molecule has 1 rings (SSSR count). The summed E-state index contributed by atoms with van der Waals surface area (Å²) >= 11 is 0. The van der Waals surface area contributed by atoms with E-state index in [1.54, 1.807) is 0 Å². The Morgan fingerprint density at radius 1 is 1.33 bits per heavy atom. The first-order chi connectivity index (χ1) is 5.75. The highest BCUT2D eigenvalue weighted by molar-refractivity contribution is 5.44. The summed E-state index contributed by atoms with van der Waals surface area (Å²) in [6.07, 6.45) is 0. The molecule has 0 bridgehead atoms. The van der Waals surface area contributed by atoms with Gasteiger partial charge in [0.05, 0.1) is 12.3 Å². The van der Waals surface area contributed by atoms with Gasteiger partial charge >= 0.3 is 0 Å². The maximum Gasteiger partial charge on any atom is 0.181 e. The number of hydrogen-bond acceptors (Lipinski definition) is 2. The van der Waals surface area contributed by atoms with Gasteiger partial charge in [-0.1, -0.05) is 6.07 Å². The molecule has 0 amide bonds. The van der Waals surface area contributed by atoms with E-state index in [0.29, 0.717) is 0 Å². The smallest absolute Gasteiger partial charge is 0.181 e. The van der Waals surface area contributed by atoms with Crippen molar-refractivity contribution in [2.75, 3.05) is 18.5 Å². The molecule has 0 spiro atoms. The van der Waals surface area contributed by atoms with Crippen molar-refractivity contribution in [1.29, 1.82) is 0 Å². The van der Waals surface area contributed by atoms with Crippen LogP contribution in [0.15, 0.2) is 18.2 Å². The average Bonchev–Trinajstić information content (AvgIpc) is 2.08. The summed E-state index contributed by atoms with van der Waals surface area (Å²) in [7, 11) is 0. The molecule has 0 saturated carbocycles. The van der Waals surface area contributed by atoms with E-state index in [1.165, 1.54) is 12.1 Å². The van der Waals surface area contributed by atoms with Gasteiger partial charge in [0.15, 0.2) is 11.6 Å². The highest BCUT2D eigenvalue weighted by Crippen LogP contribution is 2.15. The zero-order chi connectivity index (χ0) is 8.97. The van der Waals surface area contributed by atoms with Crippen molar-refractivity contribution in [2.24, 2.45) is 0 Å². The van der Waals surface area contributed by atoms with Gasteiger partial charge in [0, 0.05) is 6.54 Å². The summed E-state index contributed by atoms with van der Waals surface area (Å²) in [5, 5.41) is 10.9. The number of aliphatic hydroxyl groups is 1. The zero-order valence-electron chi connectivity index (χ0n) is 6.35. The van der Waals surface area contributed by atoms with Crippen molar-refractivity contribution < 1.29 is 13.9 Å². The summed E-state index contributed by atoms with van der Waals surface area (Å²) in [4.78, 5) is 0. The van der Waals surface area contributed by atoms with E-state index in [4.69, 9.17) is 5.11 Å². The van der Waals surface area contributed by atoms with E-state index in [1.807, 2.05) is 0 Å². The average molecular weight is 173 g/mol. The lowest BCUT2D eigenvalue weighted by molar-refractivity contribution is 0.311. The number of rotatable bonds is 3. The van der Waals surface area contributed by atoms with Gasteiger partial charge in [-0.3, -0.25) is 0 Å². The van der Waals surface area contributed by atoms with Crippen LogP contribution >= 0.6 is 0 Å². The maximum atomic E-state index is 12.8. The van der Waals surface area contributed by atoms with Crippen LogP contribution in [0.2, 0.25) is 0 Å². The molecule has 0 atom stereocenters. The molecule has 0 aliphatic heterocycles. The topological polar surface area (TPSA) is 32.3 Å². The van der Waals surface area contributed by atoms with Crippen molar-refractivity contribution in [1.82, 2.24) is 0 Å². The molecule has 2 nitrogen and oxygen atoms in total. The summed E-state index contributed by atoms with van der Waals surface area (Å²) in [6, 6.07) is 3.85. The Kier molecular flexibility index (Phi) is 2.99. The van der Waals surface area contributed by atoms with Crippen molar-refractivity contribution in [2.45, 2.75) is 0 Å². The molecule has 0 aliphatic carbocycles. The maximum absolute atomic E-state index is 12.8. The summed E-state index contributed by atoms with van der Waals surface area (Å²) < 4.78 is 25.3. The second-order valence-corrected chi connectivity index (χ2v) is 2.25. The van der Waals surface area contributed by atoms with Gasteiger partial charge in [-0.05, 0) is 12.1 Å². The largest absolute Gasteiger partial charge is 0.395 e. The standard InChI is InChI=1S/C8H9F2NO/c9-6-2-1-3-7(8(6)10)11-4-5-12/h1-3,11-12H,4-5H2. The van der Waals surface area contributed by atoms with Crippen molar-refractivity contribution in [3.8, 4) is 0 Å². The fourth-order valence-electron chi connectivity index (χ4n) is 0.831. The van der Waals surface area contributed by atoms with Crippen LogP contribution in [0.25, 0.3) is 0 Å². The van der Waals surface area contributed by atoms with Crippen LogP contribution in [-0.4, -0.2) is 18.3 Å². The van der Waals surface area contributed by atoms with Crippen LogP contribution in [0, 0.1) is 11.6 Å². The molecule has 0 fully saturated rings. The Bertz CT molecular complexity index is 265. The first-order valence-corrected chi connectivity index (χ1v) is 3.54. The fraction of sp³-hybridized carbons (Fsp3) is 0.250. The molecule has 66 valence electrons. The molecule has 4 heteroatoms. The minimum Gasteiger partial charge on any atom is -0.395 e. The quantitative estimate of drug-likeness (QED) is 0.723. The Morgan fingerprint density at radius 3 is 2.75 bits per heavy atom. The molecule has 0 aliphatic rings. The first-order valence-electron chi connectivity index (χ1n) is 3.54. The summed E-state index contributed by atoms with van der Waals surface area (Å²) in [5.74, 6) is -1.80. The van der Waals surface area contributed by atoms with E-state index >= 15 is 0 Å². The number of nitrogens with one attached hydrogen (secondary N) is 1. The third-order valence-electron chi connectivity index (χ3n) is 1.38. The van der Waals surface area contributed by atoms with E-state index < -0.39 is 11.6 Å². The van der Waals surface area contributed by atoms with Gasteiger partial charge in [0.1, 0.15) is 0 Å². The second-order valence-electron chi connectivity index (χ2n) is 2.25. The lowest BCUT2D eigenvalue weighted by Gasteiger charge is -2.04. The van der Waals surface area contributed by atoms with Crippen LogP contribution < -0.4 is 5.32 Å². The first kappa shape index (κ1) is 8.93. The van der Waals surface area contributed by atoms with Crippen LogP contribution in [0.1, 0.15) is 0 Å². The number of anilines is 1. The molecule has 1 aromatic carbocycles. The summed E-state index contributed by atoms with van der Waals surface area (Å²) in [5.41, 5.74) is 0.0732. The van der Waals surface area contributed by atoms with E-state index in [0.717, 1.165) is 6.07 Å². The Hall–Kier alpha value is -1.16. The normalized spacial score (nSPS) is 9.92. The van der Waals surface area contributed by atoms with Crippen LogP contribution in [0.4, 0.5) is 14.5 Å². The molecular weight excluding hydrogens is 164 g/mol. The number of aliphatic hydroxyl groups excluding tert-OH is 1. The predicted octanol–water partition coefficient (Wildman–Crippen LogP) is 1.37. The number of halogens is 2. The molecule has 0 unspecified atom stereocenters. The highest BCUT2D eigenvalue weighted by atomic mass is 19.2. The summed E-state index contributed by atoms with van der Waals surface area (Å²) in [6.45, 7) is 0.0936. The lowest BCUT2D eigenvalue weighted by Crippen LogP contribution is -2.07. The molecule has 12 heavy (non-hydrogen) atoms. The second kappa shape index (κ2) is 4.01. The molecular formula is C8H9F2NO. The van der Waals surface area contributed by atoms with Gasteiger partial charge in [-0.15, -0.1) is 0 Å². The van der Waals surface area contributed by atoms with Gasteiger partial charge in [0.25, 0.3) is 0 Å². The molecule has 0 saturated heterocycles. The molecule has 1 aromatic rings. The Morgan fingerprint density at radius 2 is 2.08 bits per heavy atom. The van der Waals surface area contributed by atoms with E-state index in [-0.39, 0.29) is 18.8 Å². The minimum atomic E-state index is -0.911. The lowest BCUT2D eigenvalue weighted by atomic mass is 10.3. The zero-order valence-corrected chi connectivity index (χ0v) is 6.35. The van der Waals surface area contributed by atoms with Gasteiger partial charge < -0.3 is 10.4 Å². The predicted molar refractivity (Wildman–Crippen MR) is 41.9 cm³/mol. The SMILES string of the molecule is OCCNc1cccc(F)c1F. The number of hydrogen-bond donors (Lipinski definition) is 2. The van der Waals surface area contributed by atoms with Crippen molar-refractivity contribution in [3.05, 3.63) is 29.8 Å². The third-order valence-corrected chi connectivity index (χ3v) is 1.38.